The van der Waals surface area contributed by atoms with E-state index in [0.29, 0.717) is 26.2 Å². The molecule has 0 radical (unpaired) electrons. The highest BCUT2D eigenvalue weighted by Crippen LogP contribution is 2.43. The molecular weight excluding hydrogens is 837 g/mol. The van der Waals surface area contributed by atoms with Crippen molar-refractivity contribution in [3.63, 3.8) is 0 Å². The number of piperazine rings is 1. The van der Waals surface area contributed by atoms with Gasteiger partial charge < -0.3 is 34.1 Å². The molecule has 7 aromatic carbocycles. The number of hydrogen-bond acceptors (Lipinski definition) is 8. The Morgan fingerprint density at radius 3 is 1.24 bits per heavy atom. The van der Waals surface area contributed by atoms with Crippen LogP contribution in [-0.2, 0) is 55.7 Å². The maximum absolute atomic E-state index is 15.6. The van der Waals surface area contributed by atoms with Crippen molar-refractivity contribution in [2.45, 2.75) is 55.9 Å². The van der Waals surface area contributed by atoms with Gasteiger partial charge in [0.1, 0.15) is 17.8 Å². The summed E-state index contributed by atoms with van der Waals surface area (Å²) < 4.78 is 26.6. The van der Waals surface area contributed by atoms with E-state index in [0.717, 1.165) is 38.9 Å². The first-order valence-electron chi connectivity index (χ1n) is 23.1. The zero-order valence-corrected chi connectivity index (χ0v) is 37.8. The number of aliphatic hydroxyl groups excluding tert-OH is 1. The fraction of sp³-hybridized carbons (Fsp3) is 0.259. The second-order valence-corrected chi connectivity index (χ2v) is 17.1. The number of benzene rings is 7. The number of nitrogens with zero attached hydrogens (tertiary/aromatic N) is 2. The number of rotatable bonds is 22. The zero-order valence-electron chi connectivity index (χ0n) is 37.8. The minimum absolute atomic E-state index is 0.0521. The van der Waals surface area contributed by atoms with E-state index in [4.69, 9.17) is 18.9 Å². The third-order valence-corrected chi connectivity index (χ3v) is 12.6. The van der Waals surface area contributed by atoms with Gasteiger partial charge in [0, 0.05) is 26.2 Å². The van der Waals surface area contributed by atoms with Gasteiger partial charge in [0.2, 0.25) is 0 Å². The molecule has 7 aromatic rings. The van der Waals surface area contributed by atoms with Gasteiger partial charge in [-0.15, -0.1) is 0 Å². The Bertz CT molecular complexity index is 2400. The van der Waals surface area contributed by atoms with Crippen LogP contribution in [0.4, 0.5) is 0 Å². The molecular formula is C58H60N2O7. The van der Waals surface area contributed by atoms with E-state index in [1.807, 2.05) is 144 Å². The summed E-state index contributed by atoms with van der Waals surface area (Å²) in [6, 6.07) is 70.2. The molecule has 8 rings (SSSR count). The van der Waals surface area contributed by atoms with Crippen LogP contribution in [0.3, 0.4) is 0 Å². The van der Waals surface area contributed by atoms with Crippen molar-refractivity contribution in [1.82, 2.24) is 9.80 Å². The number of aliphatic hydroxyl groups is 2. The molecule has 9 heteroatoms. The fourth-order valence-electron chi connectivity index (χ4n) is 9.15. The van der Waals surface area contributed by atoms with Crippen molar-refractivity contribution in [2.24, 2.45) is 0 Å². The van der Waals surface area contributed by atoms with Gasteiger partial charge in [0.25, 0.3) is 5.91 Å². The topological polar surface area (TPSA) is 101 Å². The minimum Gasteiger partial charge on any atom is -0.393 e. The molecule has 4 atom stereocenters. The normalized spacial score (nSPS) is 15.6. The van der Waals surface area contributed by atoms with Crippen LogP contribution < -0.4 is 0 Å². The molecule has 1 heterocycles. The fourth-order valence-corrected chi connectivity index (χ4v) is 9.15. The van der Waals surface area contributed by atoms with Crippen LogP contribution in [0.25, 0.3) is 0 Å². The lowest BCUT2D eigenvalue weighted by atomic mass is 9.75. The van der Waals surface area contributed by atoms with Crippen LogP contribution in [0.1, 0.15) is 38.9 Å². The van der Waals surface area contributed by atoms with E-state index in [9.17, 15) is 10.2 Å². The van der Waals surface area contributed by atoms with Crippen molar-refractivity contribution in [3.05, 3.63) is 251 Å². The van der Waals surface area contributed by atoms with Crippen LogP contribution in [0.2, 0.25) is 0 Å². The molecule has 1 saturated heterocycles. The van der Waals surface area contributed by atoms with Crippen molar-refractivity contribution in [3.8, 4) is 0 Å². The van der Waals surface area contributed by atoms with Crippen LogP contribution >= 0.6 is 0 Å². The summed E-state index contributed by atoms with van der Waals surface area (Å²) in [6.45, 7) is 1.15. The van der Waals surface area contributed by atoms with Crippen LogP contribution in [-0.4, -0.2) is 89.2 Å². The van der Waals surface area contributed by atoms with Gasteiger partial charge in [-0.25, -0.2) is 0 Å². The molecule has 0 aromatic heterocycles. The van der Waals surface area contributed by atoms with Gasteiger partial charge in [-0.2, -0.15) is 0 Å². The summed E-state index contributed by atoms with van der Waals surface area (Å²) in [4.78, 5) is 19.9. The molecule has 4 unspecified atom stereocenters. The quantitative estimate of drug-likeness (QED) is 0.0652. The smallest absolute Gasteiger partial charge is 0.254 e. The predicted molar refractivity (Wildman–Crippen MR) is 261 cm³/mol. The largest absolute Gasteiger partial charge is 0.393 e. The Morgan fingerprint density at radius 1 is 0.478 bits per heavy atom. The molecule has 1 aliphatic rings. The lowest BCUT2D eigenvalue weighted by Crippen LogP contribution is -2.64. The lowest BCUT2D eigenvalue weighted by molar-refractivity contribution is -0.233. The second-order valence-electron chi connectivity index (χ2n) is 17.1. The SMILES string of the molecule is O=C(C(OCc1ccccc1)C(OCc1ccccc1)C(OCc1ccccc1)C(O)(CO)COCc1ccccc1)N1CCN(C(c2ccccc2)(c2ccccc2)c2ccccc2)CC1. The van der Waals surface area contributed by atoms with E-state index < -0.39 is 36.1 Å². The zero-order chi connectivity index (χ0) is 46.2. The summed E-state index contributed by atoms with van der Waals surface area (Å²) in [5, 5.41) is 24.0. The second kappa shape index (κ2) is 23.5. The maximum atomic E-state index is 15.6. The maximum Gasteiger partial charge on any atom is 0.254 e. The van der Waals surface area contributed by atoms with Crippen molar-refractivity contribution in [1.29, 1.82) is 0 Å². The third kappa shape index (κ3) is 11.6. The van der Waals surface area contributed by atoms with E-state index in [1.54, 1.807) is 0 Å². The van der Waals surface area contributed by atoms with E-state index in [2.05, 4.69) is 77.7 Å². The summed E-state index contributed by atoms with van der Waals surface area (Å²) in [5.41, 5.74) is 4.12. The Balaban J connectivity index is 1.16. The molecule has 1 aliphatic heterocycles. The Labute approximate surface area is 394 Å². The van der Waals surface area contributed by atoms with Crippen LogP contribution in [0, 0.1) is 0 Å². The summed E-state index contributed by atoms with van der Waals surface area (Å²) in [5.74, 6) is -0.308. The number of hydrogen-bond donors (Lipinski definition) is 2. The first kappa shape index (κ1) is 47.2. The summed E-state index contributed by atoms with van der Waals surface area (Å²) >= 11 is 0. The highest BCUT2D eigenvalue weighted by molar-refractivity contribution is 5.82. The van der Waals surface area contributed by atoms with Gasteiger partial charge in [-0.1, -0.05) is 212 Å². The van der Waals surface area contributed by atoms with Gasteiger partial charge in [-0.3, -0.25) is 9.69 Å². The van der Waals surface area contributed by atoms with E-state index in [-0.39, 0.29) is 38.9 Å². The Hall–Kier alpha value is -6.27. The monoisotopic (exact) mass is 896 g/mol. The van der Waals surface area contributed by atoms with E-state index in [1.165, 1.54) is 0 Å². The molecule has 0 spiro atoms. The minimum atomic E-state index is -2.04. The molecule has 9 nitrogen and oxygen atoms in total. The lowest BCUT2D eigenvalue weighted by Gasteiger charge is -2.49. The highest BCUT2D eigenvalue weighted by atomic mass is 16.6. The Morgan fingerprint density at radius 2 is 0.836 bits per heavy atom. The Kier molecular flexibility index (Phi) is 16.5. The summed E-state index contributed by atoms with van der Waals surface area (Å²) in [6.07, 6.45) is -3.83. The third-order valence-electron chi connectivity index (χ3n) is 12.6. The van der Waals surface area contributed by atoms with E-state index >= 15 is 4.79 Å². The van der Waals surface area contributed by atoms with Crippen molar-refractivity contribution < 1.29 is 34.0 Å². The van der Waals surface area contributed by atoms with Gasteiger partial charge in [0.05, 0.1) is 45.2 Å². The first-order chi connectivity index (χ1) is 33.0. The average molecular weight is 897 g/mol. The molecule has 344 valence electrons. The van der Waals surface area contributed by atoms with Gasteiger partial charge >= 0.3 is 0 Å². The number of amides is 1. The molecule has 0 aliphatic carbocycles. The van der Waals surface area contributed by atoms with Crippen LogP contribution in [0.15, 0.2) is 212 Å². The van der Waals surface area contributed by atoms with Crippen molar-refractivity contribution in [2.75, 3.05) is 39.4 Å². The molecule has 0 saturated carbocycles. The average Bonchev–Trinajstić information content (AvgIpc) is 3.40. The molecule has 1 amide bonds. The predicted octanol–water partition coefficient (Wildman–Crippen LogP) is 8.82. The number of ether oxygens (including phenoxy) is 4. The van der Waals surface area contributed by atoms with Gasteiger partial charge in [0.15, 0.2) is 6.10 Å². The molecule has 2 N–H and O–H groups in total. The highest BCUT2D eigenvalue weighted by Gasteiger charge is 2.51. The number of carbonyl (C=O) groups is 1. The first-order valence-corrected chi connectivity index (χ1v) is 23.1. The van der Waals surface area contributed by atoms with Crippen LogP contribution in [0.5, 0.6) is 0 Å². The number of carbonyl (C=O) groups excluding carboxylic acids is 1. The molecule has 1 fully saturated rings. The molecule has 67 heavy (non-hydrogen) atoms. The van der Waals surface area contributed by atoms with Gasteiger partial charge in [-0.05, 0) is 38.9 Å². The standard InChI is InChI=1S/C58H60N2O7/c61-44-57(63,45-64-40-46-22-8-1-9-23-46)55(67-43-49-28-14-4-15-29-49)53(65-41-47-24-10-2-11-25-47)54(66-42-48-26-12-3-13-27-48)56(62)59-36-38-60(39-37-59)58(50-30-16-5-17-31-50,51-32-18-6-19-33-51)52-34-20-7-21-35-52/h1-35,53-55,61,63H,36-45H2. The summed E-state index contributed by atoms with van der Waals surface area (Å²) in [7, 11) is 0. The molecule has 0 bridgehead atoms. The van der Waals surface area contributed by atoms with Crippen molar-refractivity contribution >= 4 is 5.91 Å².